The number of carboxylic acids is 1. The molecule has 2 aromatic carbocycles. The van der Waals surface area contributed by atoms with Gasteiger partial charge in [-0.15, -0.1) is 0 Å². The number of carboxylic acid groups (broad SMARTS) is 1. The van der Waals surface area contributed by atoms with Crippen molar-refractivity contribution in [3.05, 3.63) is 71.3 Å². The number of carbonyl (C=O) groups excluding carboxylic acids is 1. The molecule has 0 heterocycles. The Bertz CT molecular complexity index is 756. The van der Waals surface area contributed by atoms with E-state index in [0.717, 1.165) is 6.42 Å². The fourth-order valence-electron chi connectivity index (χ4n) is 2.56. The molecule has 2 unspecified atom stereocenters. The van der Waals surface area contributed by atoms with E-state index in [2.05, 4.69) is 10.5 Å². The van der Waals surface area contributed by atoms with Crippen molar-refractivity contribution in [3.8, 4) is 0 Å². The highest BCUT2D eigenvalue weighted by molar-refractivity contribution is 5.91. The number of hydrogen-bond donors (Lipinski definition) is 2. The maximum absolute atomic E-state index is 12.0. The van der Waals surface area contributed by atoms with Gasteiger partial charge in [0.15, 0.2) is 0 Å². The second-order valence-corrected chi connectivity index (χ2v) is 5.52. The van der Waals surface area contributed by atoms with Crippen molar-refractivity contribution in [2.75, 3.05) is 0 Å². The monoisotopic (exact) mass is 308 g/mol. The van der Waals surface area contributed by atoms with Crippen molar-refractivity contribution < 1.29 is 14.7 Å². The number of rotatable bonds is 5. The summed E-state index contributed by atoms with van der Waals surface area (Å²) in [5, 5.41) is 12.8. The van der Waals surface area contributed by atoms with E-state index in [0.29, 0.717) is 5.56 Å². The first kappa shape index (κ1) is 15.0. The maximum atomic E-state index is 12.0. The molecule has 0 bridgehead atoms. The smallest absolute Gasteiger partial charge is 0.335 e. The van der Waals surface area contributed by atoms with Crippen LogP contribution in [0.2, 0.25) is 0 Å². The molecule has 1 amide bonds. The summed E-state index contributed by atoms with van der Waals surface area (Å²) in [6, 6.07) is 16.3. The highest BCUT2D eigenvalue weighted by atomic mass is 16.4. The van der Waals surface area contributed by atoms with Crippen molar-refractivity contribution in [2.24, 2.45) is 11.0 Å². The van der Waals surface area contributed by atoms with E-state index in [4.69, 9.17) is 5.11 Å². The number of hydrogen-bond acceptors (Lipinski definition) is 3. The Hall–Kier alpha value is -2.95. The topological polar surface area (TPSA) is 78.8 Å². The molecule has 2 aromatic rings. The Morgan fingerprint density at radius 1 is 1.13 bits per heavy atom. The maximum Gasteiger partial charge on any atom is 0.335 e. The summed E-state index contributed by atoms with van der Waals surface area (Å²) in [7, 11) is 0. The van der Waals surface area contributed by atoms with Gasteiger partial charge in [-0.25, -0.2) is 10.2 Å². The van der Waals surface area contributed by atoms with Crippen LogP contribution in [0.4, 0.5) is 0 Å². The van der Waals surface area contributed by atoms with E-state index >= 15 is 0 Å². The second-order valence-electron chi connectivity index (χ2n) is 5.52. The van der Waals surface area contributed by atoms with Crippen LogP contribution in [0.1, 0.15) is 33.8 Å². The summed E-state index contributed by atoms with van der Waals surface area (Å²) in [6.45, 7) is 0. The summed E-state index contributed by atoms with van der Waals surface area (Å²) in [5.74, 6) is -0.876. The van der Waals surface area contributed by atoms with Crippen LogP contribution < -0.4 is 5.43 Å². The molecule has 0 saturated heterocycles. The number of benzene rings is 2. The molecule has 1 aliphatic rings. The number of carbonyl (C=O) groups is 2. The van der Waals surface area contributed by atoms with Crippen molar-refractivity contribution in [1.82, 2.24) is 5.43 Å². The van der Waals surface area contributed by atoms with E-state index < -0.39 is 5.97 Å². The fraction of sp³-hybridized carbons (Fsp3) is 0.167. The molecular weight excluding hydrogens is 292 g/mol. The molecule has 1 fully saturated rings. The molecule has 5 heteroatoms. The summed E-state index contributed by atoms with van der Waals surface area (Å²) in [6.07, 6.45) is 2.28. The SMILES string of the molecule is O=C(O)c1cccc(/C=N/NC(=O)C2CC2c2ccccc2)c1. The van der Waals surface area contributed by atoms with Crippen molar-refractivity contribution in [1.29, 1.82) is 0 Å². The van der Waals surface area contributed by atoms with E-state index in [1.165, 1.54) is 23.9 Å². The second kappa shape index (κ2) is 6.44. The molecule has 2 N–H and O–H groups in total. The van der Waals surface area contributed by atoms with Crippen LogP contribution in [0.25, 0.3) is 0 Å². The minimum absolute atomic E-state index is 0.0418. The summed E-state index contributed by atoms with van der Waals surface area (Å²) >= 11 is 0. The predicted octanol–water partition coefficient (Wildman–Crippen LogP) is 2.64. The largest absolute Gasteiger partial charge is 0.478 e. The molecule has 1 aliphatic carbocycles. The Kier molecular flexibility index (Phi) is 4.19. The molecule has 0 spiro atoms. The lowest BCUT2D eigenvalue weighted by atomic mass is 10.1. The number of aromatic carboxylic acids is 1. The molecular formula is C18H16N2O3. The molecule has 3 rings (SSSR count). The van der Waals surface area contributed by atoms with Crippen LogP contribution in [0.5, 0.6) is 0 Å². The van der Waals surface area contributed by atoms with Gasteiger partial charge in [0.05, 0.1) is 11.8 Å². The van der Waals surface area contributed by atoms with Crippen LogP contribution in [0, 0.1) is 5.92 Å². The Labute approximate surface area is 133 Å². The summed E-state index contributed by atoms with van der Waals surface area (Å²) < 4.78 is 0. The van der Waals surface area contributed by atoms with Gasteiger partial charge in [-0.3, -0.25) is 4.79 Å². The highest BCUT2D eigenvalue weighted by Gasteiger charge is 2.43. The molecule has 5 nitrogen and oxygen atoms in total. The Morgan fingerprint density at radius 3 is 2.65 bits per heavy atom. The zero-order valence-electron chi connectivity index (χ0n) is 12.3. The summed E-state index contributed by atoms with van der Waals surface area (Å²) in [4.78, 5) is 22.9. The third-order valence-corrected chi connectivity index (χ3v) is 3.88. The first-order chi connectivity index (χ1) is 11.1. The normalized spacial score (nSPS) is 19.5. The first-order valence-electron chi connectivity index (χ1n) is 7.36. The number of amides is 1. The molecule has 2 atom stereocenters. The standard InChI is InChI=1S/C18H16N2O3/c21-17(16-10-15(16)13-6-2-1-3-7-13)20-19-11-12-5-4-8-14(9-12)18(22)23/h1-9,11,15-16H,10H2,(H,20,21)(H,22,23)/b19-11+. The van der Waals surface area contributed by atoms with Gasteiger partial charge in [0.25, 0.3) is 0 Å². The lowest BCUT2D eigenvalue weighted by Gasteiger charge is -2.00. The van der Waals surface area contributed by atoms with E-state index in [1.807, 2.05) is 30.3 Å². The number of nitrogens with one attached hydrogen (secondary N) is 1. The summed E-state index contributed by atoms with van der Waals surface area (Å²) in [5.41, 5.74) is 4.51. The predicted molar refractivity (Wildman–Crippen MR) is 86.4 cm³/mol. The molecule has 0 aromatic heterocycles. The number of nitrogens with zero attached hydrogens (tertiary/aromatic N) is 1. The Balaban J connectivity index is 1.56. The van der Waals surface area contributed by atoms with Gasteiger partial charge in [0, 0.05) is 5.92 Å². The molecule has 116 valence electrons. The van der Waals surface area contributed by atoms with Gasteiger partial charge < -0.3 is 5.11 Å². The van der Waals surface area contributed by atoms with Crippen LogP contribution in [0.15, 0.2) is 59.7 Å². The van der Waals surface area contributed by atoms with Crippen molar-refractivity contribution in [3.63, 3.8) is 0 Å². The van der Waals surface area contributed by atoms with Gasteiger partial charge in [-0.2, -0.15) is 5.10 Å². The zero-order chi connectivity index (χ0) is 16.2. The van der Waals surface area contributed by atoms with Gasteiger partial charge in [-0.1, -0.05) is 42.5 Å². The molecule has 0 radical (unpaired) electrons. The average molecular weight is 308 g/mol. The molecule has 0 aliphatic heterocycles. The average Bonchev–Trinajstić information content (AvgIpc) is 3.36. The van der Waals surface area contributed by atoms with Gasteiger partial charge >= 0.3 is 5.97 Å². The minimum atomic E-state index is -0.993. The molecule has 23 heavy (non-hydrogen) atoms. The van der Waals surface area contributed by atoms with Gasteiger partial charge in [0.1, 0.15) is 0 Å². The van der Waals surface area contributed by atoms with E-state index in [1.54, 1.807) is 12.1 Å². The first-order valence-corrected chi connectivity index (χ1v) is 7.36. The number of hydrazone groups is 1. The highest BCUT2D eigenvalue weighted by Crippen LogP contribution is 2.47. The molecule has 1 saturated carbocycles. The van der Waals surface area contributed by atoms with Crippen LogP contribution >= 0.6 is 0 Å². The van der Waals surface area contributed by atoms with Crippen LogP contribution in [-0.2, 0) is 4.79 Å². The van der Waals surface area contributed by atoms with E-state index in [9.17, 15) is 9.59 Å². The van der Waals surface area contributed by atoms with Crippen molar-refractivity contribution >= 4 is 18.1 Å². The zero-order valence-corrected chi connectivity index (χ0v) is 12.3. The lowest BCUT2D eigenvalue weighted by Crippen LogP contribution is -2.20. The minimum Gasteiger partial charge on any atom is -0.478 e. The Morgan fingerprint density at radius 2 is 1.91 bits per heavy atom. The third kappa shape index (κ3) is 3.63. The van der Waals surface area contributed by atoms with Crippen molar-refractivity contribution in [2.45, 2.75) is 12.3 Å². The quantitative estimate of drug-likeness (QED) is 0.658. The lowest BCUT2D eigenvalue weighted by molar-refractivity contribution is -0.122. The fourth-order valence-corrected chi connectivity index (χ4v) is 2.56. The third-order valence-electron chi connectivity index (χ3n) is 3.88. The van der Waals surface area contributed by atoms with Gasteiger partial charge in [-0.05, 0) is 35.6 Å². The van der Waals surface area contributed by atoms with E-state index in [-0.39, 0.29) is 23.3 Å². The van der Waals surface area contributed by atoms with Crippen LogP contribution in [0.3, 0.4) is 0 Å². The van der Waals surface area contributed by atoms with Crippen LogP contribution in [-0.4, -0.2) is 23.2 Å². The van der Waals surface area contributed by atoms with Gasteiger partial charge in [0.2, 0.25) is 5.91 Å².